The molecule has 0 fully saturated rings. The van der Waals surface area contributed by atoms with Crippen molar-refractivity contribution in [3.8, 4) is 0 Å². The maximum atomic E-state index is 10.7. The predicted molar refractivity (Wildman–Crippen MR) is 66.3 cm³/mol. The number of carbonyl (C=O) groups is 1. The molecule has 0 aliphatic heterocycles. The standard InChI is InChI=1S/C11H15BrN2O2/c1-13-10(11(15)16)7-14-6-8-3-2-4-9(12)5-8/h2-5,10,13-14H,6-7H2,1H3,(H,15,16). The Balaban J connectivity index is 2.38. The van der Waals surface area contributed by atoms with Gasteiger partial charge in [-0.2, -0.15) is 0 Å². The van der Waals surface area contributed by atoms with Gasteiger partial charge in [-0.1, -0.05) is 28.1 Å². The molecule has 88 valence electrons. The van der Waals surface area contributed by atoms with Crippen LogP contribution in [0.4, 0.5) is 0 Å². The van der Waals surface area contributed by atoms with E-state index in [2.05, 4.69) is 26.6 Å². The Kier molecular flexibility index (Phi) is 5.45. The first-order chi connectivity index (χ1) is 7.63. The van der Waals surface area contributed by atoms with E-state index in [9.17, 15) is 4.79 Å². The van der Waals surface area contributed by atoms with Crippen LogP contribution < -0.4 is 10.6 Å². The van der Waals surface area contributed by atoms with E-state index in [1.54, 1.807) is 7.05 Å². The third-order valence-corrected chi connectivity index (χ3v) is 2.71. The van der Waals surface area contributed by atoms with Crippen molar-refractivity contribution in [1.29, 1.82) is 0 Å². The normalized spacial score (nSPS) is 12.4. The summed E-state index contributed by atoms with van der Waals surface area (Å²) < 4.78 is 1.02. The number of hydrogen-bond donors (Lipinski definition) is 3. The summed E-state index contributed by atoms with van der Waals surface area (Å²) in [6.07, 6.45) is 0. The van der Waals surface area contributed by atoms with Crippen molar-refractivity contribution < 1.29 is 9.90 Å². The highest BCUT2D eigenvalue weighted by Crippen LogP contribution is 2.11. The largest absolute Gasteiger partial charge is 0.480 e. The quantitative estimate of drug-likeness (QED) is 0.736. The molecule has 3 N–H and O–H groups in total. The van der Waals surface area contributed by atoms with Crippen LogP contribution >= 0.6 is 15.9 Å². The average molecular weight is 287 g/mol. The number of aliphatic carboxylic acids is 1. The molecule has 0 aliphatic carbocycles. The fourth-order valence-corrected chi connectivity index (χ4v) is 1.77. The molecule has 0 spiro atoms. The molecule has 0 radical (unpaired) electrons. The summed E-state index contributed by atoms with van der Waals surface area (Å²) in [5, 5.41) is 14.6. The molecule has 0 bridgehead atoms. The van der Waals surface area contributed by atoms with Gasteiger partial charge in [0.05, 0.1) is 0 Å². The minimum Gasteiger partial charge on any atom is -0.480 e. The molecule has 1 aromatic carbocycles. The average Bonchev–Trinajstić information content (AvgIpc) is 2.24. The second-order valence-electron chi connectivity index (χ2n) is 3.44. The summed E-state index contributed by atoms with van der Waals surface area (Å²) >= 11 is 3.39. The summed E-state index contributed by atoms with van der Waals surface area (Å²) in [6.45, 7) is 1.06. The molecule has 1 aromatic rings. The van der Waals surface area contributed by atoms with Crippen molar-refractivity contribution >= 4 is 21.9 Å². The number of likely N-dealkylation sites (N-methyl/N-ethyl adjacent to an activating group) is 1. The van der Waals surface area contributed by atoms with Gasteiger partial charge < -0.3 is 15.7 Å². The zero-order chi connectivity index (χ0) is 12.0. The number of benzene rings is 1. The summed E-state index contributed by atoms with van der Waals surface area (Å²) in [5.41, 5.74) is 1.12. The van der Waals surface area contributed by atoms with E-state index in [0.717, 1.165) is 10.0 Å². The number of carboxylic acid groups (broad SMARTS) is 1. The molecule has 0 amide bonds. The van der Waals surface area contributed by atoms with Crippen molar-refractivity contribution in [2.45, 2.75) is 12.6 Å². The minimum absolute atomic E-state index is 0.401. The molecular formula is C11H15BrN2O2. The molecular weight excluding hydrogens is 272 g/mol. The summed E-state index contributed by atoms with van der Waals surface area (Å²) in [7, 11) is 1.64. The predicted octanol–water partition coefficient (Wildman–Crippen LogP) is 1.21. The number of rotatable bonds is 6. The van der Waals surface area contributed by atoms with E-state index in [-0.39, 0.29) is 0 Å². The van der Waals surface area contributed by atoms with Gasteiger partial charge in [0.2, 0.25) is 0 Å². The van der Waals surface area contributed by atoms with Gasteiger partial charge in [0.25, 0.3) is 0 Å². The van der Waals surface area contributed by atoms with Crippen molar-refractivity contribution in [2.75, 3.05) is 13.6 Å². The molecule has 1 rings (SSSR count). The van der Waals surface area contributed by atoms with Gasteiger partial charge in [0.1, 0.15) is 6.04 Å². The van der Waals surface area contributed by atoms with Crippen LogP contribution in [0.1, 0.15) is 5.56 Å². The van der Waals surface area contributed by atoms with E-state index in [4.69, 9.17) is 5.11 Å². The lowest BCUT2D eigenvalue weighted by molar-refractivity contribution is -0.139. The smallest absolute Gasteiger partial charge is 0.322 e. The van der Waals surface area contributed by atoms with Crippen LogP contribution in [-0.2, 0) is 11.3 Å². The monoisotopic (exact) mass is 286 g/mol. The Morgan fingerprint density at radius 1 is 1.56 bits per heavy atom. The molecule has 0 aromatic heterocycles. The van der Waals surface area contributed by atoms with Gasteiger partial charge in [-0.05, 0) is 24.7 Å². The van der Waals surface area contributed by atoms with Crippen LogP contribution in [0.15, 0.2) is 28.7 Å². The topological polar surface area (TPSA) is 61.4 Å². The van der Waals surface area contributed by atoms with Crippen molar-refractivity contribution in [1.82, 2.24) is 10.6 Å². The third-order valence-electron chi connectivity index (χ3n) is 2.21. The second-order valence-corrected chi connectivity index (χ2v) is 4.36. The number of hydrogen-bond acceptors (Lipinski definition) is 3. The Morgan fingerprint density at radius 3 is 2.88 bits per heavy atom. The summed E-state index contributed by atoms with van der Waals surface area (Å²) in [6, 6.07) is 7.35. The fourth-order valence-electron chi connectivity index (χ4n) is 1.32. The number of carboxylic acids is 1. The molecule has 1 atom stereocenters. The lowest BCUT2D eigenvalue weighted by atomic mass is 10.2. The molecule has 5 heteroatoms. The number of nitrogens with one attached hydrogen (secondary N) is 2. The Morgan fingerprint density at radius 2 is 2.31 bits per heavy atom. The van der Waals surface area contributed by atoms with Gasteiger partial charge >= 0.3 is 5.97 Å². The number of halogens is 1. The highest BCUT2D eigenvalue weighted by Gasteiger charge is 2.13. The lowest BCUT2D eigenvalue weighted by Crippen LogP contribution is -2.42. The van der Waals surface area contributed by atoms with Crippen LogP contribution in [-0.4, -0.2) is 30.7 Å². The van der Waals surface area contributed by atoms with Gasteiger partial charge in [-0.15, -0.1) is 0 Å². The molecule has 4 nitrogen and oxygen atoms in total. The summed E-state index contributed by atoms with van der Waals surface area (Å²) in [4.78, 5) is 10.7. The van der Waals surface area contributed by atoms with Crippen LogP contribution in [0.25, 0.3) is 0 Å². The van der Waals surface area contributed by atoms with E-state index in [1.165, 1.54) is 0 Å². The Hall–Kier alpha value is -0.910. The Labute approximate surface area is 103 Å². The first-order valence-corrected chi connectivity index (χ1v) is 5.78. The molecule has 0 heterocycles. The third kappa shape index (κ3) is 4.30. The van der Waals surface area contributed by atoms with E-state index < -0.39 is 12.0 Å². The maximum Gasteiger partial charge on any atom is 0.322 e. The second kappa shape index (κ2) is 6.62. The highest BCUT2D eigenvalue weighted by molar-refractivity contribution is 9.10. The summed E-state index contributed by atoms with van der Waals surface area (Å²) in [5.74, 6) is -0.843. The van der Waals surface area contributed by atoms with E-state index in [1.807, 2.05) is 24.3 Å². The lowest BCUT2D eigenvalue weighted by Gasteiger charge is -2.12. The van der Waals surface area contributed by atoms with E-state index >= 15 is 0 Å². The maximum absolute atomic E-state index is 10.7. The van der Waals surface area contributed by atoms with Crippen LogP contribution in [0.3, 0.4) is 0 Å². The first kappa shape index (κ1) is 13.2. The fraction of sp³-hybridized carbons (Fsp3) is 0.364. The molecule has 0 aliphatic rings. The minimum atomic E-state index is -0.843. The molecule has 0 saturated carbocycles. The van der Waals surface area contributed by atoms with Gasteiger partial charge in [0.15, 0.2) is 0 Å². The zero-order valence-corrected chi connectivity index (χ0v) is 10.6. The molecule has 0 saturated heterocycles. The highest BCUT2D eigenvalue weighted by atomic mass is 79.9. The van der Waals surface area contributed by atoms with Gasteiger partial charge in [-0.25, -0.2) is 0 Å². The van der Waals surface area contributed by atoms with Crippen LogP contribution in [0.5, 0.6) is 0 Å². The Bertz CT molecular complexity index is 358. The molecule has 1 unspecified atom stereocenters. The van der Waals surface area contributed by atoms with Gasteiger partial charge in [0, 0.05) is 17.6 Å². The van der Waals surface area contributed by atoms with Crippen LogP contribution in [0, 0.1) is 0 Å². The van der Waals surface area contributed by atoms with Gasteiger partial charge in [-0.3, -0.25) is 4.79 Å². The van der Waals surface area contributed by atoms with Crippen LogP contribution in [0.2, 0.25) is 0 Å². The first-order valence-electron chi connectivity index (χ1n) is 4.98. The van der Waals surface area contributed by atoms with Crippen molar-refractivity contribution in [3.63, 3.8) is 0 Å². The van der Waals surface area contributed by atoms with Crippen molar-refractivity contribution in [3.05, 3.63) is 34.3 Å². The molecule has 16 heavy (non-hydrogen) atoms. The van der Waals surface area contributed by atoms with E-state index in [0.29, 0.717) is 13.1 Å². The zero-order valence-electron chi connectivity index (χ0n) is 9.03. The van der Waals surface area contributed by atoms with Crippen molar-refractivity contribution in [2.24, 2.45) is 0 Å². The SMILES string of the molecule is CNC(CNCc1cccc(Br)c1)C(=O)O.